The number of carbonyl (C=O) groups excluding carboxylic acids is 1. The summed E-state index contributed by atoms with van der Waals surface area (Å²) >= 11 is 0. The minimum atomic E-state index is -0.379. The number of hydrogen-bond acceptors (Lipinski definition) is 3. The van der Waals surface area contributed by atoms with Gasteiger partial charge in [0.25, 0.3) is 0 Å². The van der Waals surface area contributed by atoms with Gasteiger partial charge in [0.1, 0.15) is 0 Å². The van der Waals surface area contributed by atoms with Gasteiger partial charge in [0.05, 0.1) is 6.10 Å². The lowest BCUT2D eigenvalue weighted by atomic mass is 9.61. The summed E-state index contributed by atoms with van der Waals surface area (Å²) in [6.07, 6.45) is 2.44. The highest BCUT2D eigenvalue weighted by Gasteiger charge is 2.46. The van der Waals surface area contributed by atoms with Gasteiger partial charge in [-0.1, -0.05) is 26.0 Å². The molecule has 0 saturated carbocycles. The van der Waals surface area contributed by atoms with Gasteiger partial charge in [0.15, 0.2) is 0 Å². The van der Waals surface area contributed by atoms with Gasteiger partial charge < -0.3 is 16.2 Å². The van der Waals surface area contributed by atoms with Gasteiger partial charge in [-0.3, -0.25) is 4.79 Å². The monoisotopic (exact) mass is 276 g/mol. The fraction of sp³-hybridized carbons (Fsp3) is 0.562. The average Bonchev–Trinajstić information content (AvgIpc) is 2.46. The van der Waals surface area contributed by atoms with Crippen molar-refractivity contribution in [3.05, 3.63) is 34.9 Å². The third-order valence-corrected chi connectivity index (χ3v) is 4.94. The molecule has 0 fully saturated rings. The number of methoxy groups -OCH3 is 1. The molecule has 1 amide bonds. The van der Waals surface area contributed by atoms with Gasteiger partial charge in [-0.15, -0.1) is 0 Å². The minimum Gasteiger partial charge on any atom is -0.379 e. The molecule has 1 aromatic carbocycles. The quantitative estimate of drug-likeness (QED) is 0.879. The van der Waals surface area contributed by atoms with Gasteiger partial charge in [0, 0.05) is 30.6 Å². The molecule has 4 heteroatoms. The molecule has 0 spiro atoms. The van der Waals surface area contributed by atoms with Crippen LogP contribution in [0.1, 0.15) is 48.2 Å². The van der Waals surface area contributed by atoms with E-state index in [0.717, 1.165) is 30.4 Å². The van der Waals surface area contributed by atoms with Crippen LogP contribution >= 0.6 is 0 Å². The summed E-state index contributed by atoms with van der Waals surface area (Å²) in [5, 5.41) is 0. The molecule has 0 unspecified atom stereocenters. The van der Waals surface area contributed by atoms with Crippen LogP contribution in [0.4, 0.5) is 0 Å². The maximum absolute atomic E-state index is 11.8. The van der Waals surface area contributed by atoms with Crippen LogP contribution in [0.2, 0.25) is 0 Å². The van der Waals surface area contributed by atoms with Crippen LogP contribution in [0.25, 0.3) is 0 Å². The first-order valence-electron chi connectivity index (χ1n) is 7.22. The van der Waals surface area contributed by atoms with Crippen LogP contribution in [-0.4, -0.2) is 25.2 Å². The van der Waals surface area contributed by atoms with Gasteiger partial charge >= 0.3 is 0 Å². The van der Waals surface area contributed by atoms with Crippen molar-refractivity contribution < 1.29 is 9.53 Å². The van der Waals surface area contributed by atoms with Gasteiger partial charge in [-0.25, -0.2) is 0 Å². The van der Waals surface area contributed by atoms with E-state index in [1.165, 1.54) is 0 Å². The molecule has 0 saturated heterocycles. The molecular weight excluding hydrogens is 252 g/mol. The molecule has 4 N–H and O–H groups in total. The topological polar surface area (TPSA) is 78.3 Å². The number of fused-ring (bicyclic) bond motifs is 1. The zero-order chi connectivity index (χ0) is 14.9. The number of carbonyl (C=O) groups is 1. The zero-order valence-corrected chi connectivity index (χ0v) is 12.5. The molecule has 20 heavy (non-hydrogen) atoms. The van der Waals surface area contributed by atoms with Gasteiger partial charge in [-0.05, 0) is 30.0 Å². The summed E-state index contributed by atoms with van der Waals surface area (Å²) in [5.74, 6) is -0.379. The molecule has 110 valence electrons. The molecule has 2 rings (SSSR count). The highest BCUT2D eigenvalue weighted by Crippen LogP contribution is 2.44. The van der Waals surface area contributed by atoms with E-state index >= 15 is 0 Å². The molecule has 0 radical (unpaired) electrons. The third-order valence-electron chi connectivity index (χ3n) is 4.94. The number of nitrogens with two attached hydrogens (primary N) is 2. The SMILES string of the molecule is CCC1(CC)c2c(cccc2C(N)=O)C[C@H](OC)[C@H]1N. The summed E-state index contributed by atoms with van der Waals surface area (Å²) in [6, 6.07) is 5.62. The van der Waals surface area contributed by atoms with Crippen LogP contribution in [0.3, 0.4) is 0 Å². The Balaban J connectivity index is 2.72. The van der Waals surface area contributed by atoms with Crippen molar-refractivity contribution in [1.29, 1.82) is 0 Å². The van der Waals surface area contributed by atoms with E-state index in [0.29, 0.717) is 5.56 Å². The molecule has 0 heterocycles. The van der Waals surface area contributed by atoms with E-state index in [1.807, 2.05) is 6.07 Å². The Bertz CT molecular complexity index is 509. The van der Waals surface area contributed by atoms with Crippen LogP contribution in [-0.2, 0) is 16.6 Å². The van der Waals surface area contributed by atoms with E-state index in [2.05, 4.69) is 19.9 Å². The number of rotatable bonds is 4. The lowest BCUT2D eigenvalue weighted by Crippen LogP contribution is -2.57. The number of amides is 1. The summed E-state index contributed by atoms with van der Waals surface area (Å²) in [6.45, 7) is 4.23. The largest absolute Gasteiger partial charge is 0.379 e. The van der Waals surface area contributed by atoms with Crippen molar-refractivity contribution in [1.82, 2.24) is 0 Å². The molecule has 0 aromatic heterocycles. The highest BCUT2D eigenvalue weighted by molar-refractivity contribution is 5.95. The second-order valence-electron chi connectivity index (χ2n) is 5.57. The molecule has 4 nitrogen and oxygen atoms in total. The summed E-state index contributed by atoms with van der Waals surface area (Å²) in [5.41, 5.74) is 14.6. The normalized spacial score (nSPS) is 24.2. The molecule has 1 aliphatic carbocycles. The number of primary amides is 1. The highest BCUT2D eigenvalue weighted by atomic mass is 16.5. The molecule has 1 aromatic rings. The van der Waals surface area contributed by atoms with E-state index in [9.17, 15) is 4.79 Å². The fourth-order valence-electron chi connectivity index (χ4n) is 3.73. The summed E-state index contributed by atoms with van der Waals surface area (Å²) in [7, 11) is 1.70. The number of hydrogen-bond donors (Lipinski definition) is 2. The van der Waals surface area contributed by atoms with E-state index in [1.54, 1.807) is 13.2 Å². The maximum atomic E-state index is 11.8. The fourth-order valence-corrected chi connectivity index (χ4v) is 3.73. The van der Waals surface area contributed by atoms with Crippen molar-refractivity contribution in [2.75, 3.05) is 7.11 Å². The Morgan fingerprint density at radius 2 is 2.05 bits per heavy atom. The predicted molar refractivity (Wildman–Crippen MR) is 79.7 cm³/mol. The van der Waals surface area contributed by atoms with Gasteiger partial charge in [0.2, 0.25) is 5.91 Å². The molecule has 0 aliphatic heterocycles. The maximum Gasteiger partial charge on any atom is 0.249 e. The first-order chi connectivity index (χ1) is 9.51. The molecular formula is C16H24N2O2. The Hall–Kier alpha value is -1.39. The van der Waals surface area contributed by atoms with Crippen LogP contribution < -0.4 is 11.5 Å². The Morgan fingerprint density at radius 3 is 2.55 bits per heavy atom. The van der Waals surface area contributed by atoms with Crippen molar-refractivity contribution in [2.24, 2.45) is 11.5 Å². The summed E-state index contributed by atoms with van der Waals surface area (Å²) in [4.78, 5) is 11.8. The Kier molecular flexibility index (Phi) is 4.16. The predicted octanol–water partition coefficient (Wildman–Crippen LogP) is 1.74. The smallest absolute Gasteiger partial charge is 0.249 e. The molecule has 0 bridgehead atoms. The second kappa shape index (κ2) is 5.54. The number of benzene rings is 1. The standard InChI is InChI=1S/C16H24N2O2/c1-4-16(5-2)13-10(9-12(20-3)14(16)17)7-6-8-11(13)15(18)19/h6-8,12,14H,4-5,9,17H2,1-3H3,(H2,18,19)/t12-,14+/m0/s1. The minimum absolute atomic E-state index is 0.0227. The third kappa shape index (κ3) is 2.03. The first-order valence-corrected chi connectivity index (χ1v) is 7.22. The zero-order valence-electron chi connectivity index (χ0n) is 12.5. The van der Waals surface area contributed by atoms with Crippen molar-refractivity contribution in [3.63, 3.8) is 0 Å². The summed E-state index contributed by atoms with van der Waals surface area (Å²) < 4.78 is 5.58. The van der Waals surface area contributed by atoms with E-state index < -0.39 is 0 Å². The van der Waals surface area contributed by atoms with Crippen molar-refractivity contribution in [3.8, 4) is 0 Å². The lowest BCUT2D eigenvalue weighted by molar-refractivity contribution is 0.0396. The lowest BCUT2D eigenvalue weighted by Gasteiger charge is -2.47. The first kappa shape index (κ1) is 15.0. The van der Waals surface area contributed by atoms with Crippen LogP contribution in [0.15, 0.2) is 18.2 Å². The average molecular weight is 276 g/mol. The number of ether oxygens (including phenoxy) is 1. The van der Waals surface area contributed by atoms with Crippen molar-refractivity contribution >= 4 is 5.91 Å². The molecule has 2 atom stereocenters. The Morgan fingerprint density at radius 1 is 1.40 bits per heavy atom. The second-order valence-corrected chi connectivity index (χ2v) is 5.57. The van der Waals surface area contributed by atoms with Crippen molar-refractivity contribution in [2.45, 2.75) is 50.7 Å². The molecule has 1 aliphatic rings. The Labute approximate surface area is 120 Å². The van der Waals surface area contributed by atoms with E-state index in [-0.39, 0.29) is 23.5 Å². The van der Waals surface area contributed by atoms with E-state index in [4.69, 9.17) is 16.2 Å². The van der Waals surface area contributed by atoms with Crippen LogP contribution in [0, 0.1) is 0 Å². The van der Waals surface area contributed by atoms with Crippen LogP contribution in [0.5, 0.6) is 0 Å². The van der Waals surface area contributed by atoms with Gasteiger partial charge in [-0.2, -0.15) is 0 Å².